The van der Waals surface area contributed by atoms with Crippen LogP contribution in [-0.4, -0.2) is 15.3 Å². The molecular formula is C21H18F3N3O2. The second kappa shape index (κ2) is 8.30. The van der Waals surface area contributed by atoms with E-state index in [9.17, 15) is 22.8 Å². The number of anilines is 2. The SMILES string of the molecule is CC(=O)Cc1ccc(C)c(Nc2nc(=O)ccn2Cc2cc(F)c(F)c(F)c2)c1. The molecule has 0 aliphatic rings. The summed E-state index contributed by atoms with van der Waals surface area (Å²) in [5, 5.41) is 3.04. The van der Waals surface area contributed by atoms with E-state index in [0.29, 0.717) is 5.69 Å². The molecule has 0 unspecified atom stereocenters. The van der Waals surface area contributed by atoms with Crippen LogP contribution < -0.4 is 10.9 Å². The molecule has 8 heteroatoms. The third kappa shape index (κ3) is 4.90. The lowest BCUT2D eigenvalue weighted by Gasteiger charge is -2.16. The van der Waals surface area contributed by atoms with Crippen molar-refractivity contribution in [3.63, 3.8) is 0 Å². The second-order valence-corrected chi connectivity index (χ2v) is 6.74. The minimum atomic E-state index is -1.54. The molecule has 1 aromatic heterocycles. The Hall–Kier alpha value is -3.42. The van der Waals surface area contributed by atoms with Crippen molar-refractivity contribution >= 4 is 17.4 Å². The van der Waals surface area contributed by atoms with Gasteiger partial charge < -0.3 is 9.88 Å². The summed E-state index contributed by atoms with van der Waals surface area (Å²) in [7, 11) is 0. The molecule has 0 radical (unpaired) electrons. The number of hydrogen-bond donors (Lipinski definition) is 1. The molecule has 3 aromatic rings. The number of aromatic nitrogens is 2. The van der Waals surface area contributed by atoms with E-state index in [1.54, 1.807) is 6.07 Å². The third-order valence-corrected chi connectivity index (χ3v) is 4.28. The summed E-state index contributed by atoms with van der Waals surface area (Å²) in [4.78, 5) is 27.1. The first-order valence-corrected chi connectivity index (χ1v) is 8.80. The van der Waals surface area contributed by atoms with Gasteiger partial charge in [0.05, 0.1) is 6.54 Å². The highest BCUT2D eigenvalue weighted by Crippen LogP contribution is 2.22. The molecule has 0 amide bonds. The summed E-state index contributed by atoms with van der Waals surface area (Å²) in [6, 6.07) is 8.42. The number of rotatable bonds is 6. The fourth-order valence-corrected chi connectivity index (χ4v) is 2.88. The molecule has 0 saturated heterocycles. The molecule has 3 rings (SSSR count). The predicted molar refractivity (Wildman–Crippen MR) is 103 cm³/mol. The zero-order chi connectivity index (χ0) is 21.1. The molecule has 5 nitrogen and oxygen atoms in total. The Morgan fingerprint density at radius 3 is 2.41 bits per heavy atom. The highest BCUT2D eigenvalue weighted by molar-refractivity contribution is 5.78. The lowest BCUT2D eigenvalue weighted by Crippen LogP contribution is -2.16. The maximum absolute atomic E-state index is 13.5. The van der Waals surface area contributed by atoms with E-state index in [1.807, 2.05) is 19.1 Å². The minimum absolute atomic E-state index is 0.00918. The Bertz CT molecular complexity index is 1120. The largest absolute Gasteiger partial charge is 0.325 e. The summed E-state index contributed by atoms with van der Waals surface area (Å²) in [5.41, 5.74) is 1.93. The molecule has 0 saturated carbocycles. The first-order valence-electron chi connectivity index (χ1n) is 8.80. The predicted octanol–water partition coefficient (Wildman–Crippen LogP) is 3.89. The summed E-state index contributed by atoms with van der Waals surface area (Å²) in [6.07, 6.45) is 1.68. The average molecular weight is 401 g/mol. The number of aryl methyl sites for hydroxylation is 1. The average Bonchev–Trinajstić information content (AvgIpc) is 2.64. The summed E-state index contributed by atoms with van der Waals surface area (Å²) in [5.74, 6) is -3.98. The van der Waals surface area contributed by atoms with Gasteiger partial charge in [-0.2, -0.15) is 4.98 Å². The number of carbonyl (C=O) groups excluding carboxylic acids is 1. The van der Waals surface area contributed by atoms with Gasteiger partial charge in [0.2, 0.25) is 5.95 Å². The molecule has 0 spiro atoms. The van der Waals surface area contributed by atoms with Gasteiger partial charge in [0, 0.05) is 24.4 Å². The van der Waals surface area contributed by atoms with Gasteiger partial charge in [-0.3, -0.25) is 9.59 Å². The molecule has 0 aliphatic carbocycles. The zero-order valence-corrected chi connectivity index (χ0v) is 15.8. The van der Waals surface area contributed by atoms with Crippen molar-refractivity contribution in [2.75, 3.05) is 5.32 Å². The molecule has 0 fully saturated rings. The maximum Gasteiger partial charge on any atom is 0.274 e. The van der Waals surface area contributed by atoms with E-state index < -0.39 is 23.0 Å². The number of carbonyl (C=O) groups is 1. The normalized spacial score (nSPS) is 10.8. The van der Waals surface area contributed by atoms with E-state index in [4.69, 9.17) is 0 Å². The van der Waals surface area contributed by atoms with Crippen molar-refractivity contribution in [1.82, 2.24) is 9.55 Å². The number of benzene rings is 2. The smallest absolute Gasteiger partial charge is 0.274 e. The number of Topliss-reactive ketones (excluding diaryl/α,β-unsaturated/α-hetero) is 1. The standard InChI is InChI=1S/C21H18F3N3O2/c1-12-3-4-14(7-13(2)28)10-18(12)25-21-26-19(29)5-6-27(21)11-15-8-16(22)20(24)17(23)9-15/h3-6,8-10H,7,11H2,1-2H3,(H,25,26,29). The molecule has 0 atom stereocenters. The van der Waals surface area contributed by atoms with E-state index >= 15 is 0 Å². The van der Waals surface area contributed by atoms with Crippen LogP contribution in [0.2, 0.25) is 0 Å². The van der Waals surface area contributed by atoms with Crippen molar-refractivity contribution in [2.45, 2.75) is 26.8 Å². The second-order valence-electron chi connectivity index (χ2n) is 6.74. The Balaban J connectivity index is 1.96. The number of nitrogens with one attached hydrogen (secondary N) is 1. The van der Waals surface area contributed by atoms with E-state index in [-0.39, 0.29) is 30.3 Å². The number of hydrogen-bond acceptors (Lipinski definition) is 4. The lowest BCUT2D eigenvalue weighted by atomic mass is 10.1. The highest BCUT2D eigenvalue weighted by Gasteiger charge is 2.13. The number of ketones is 1. The lowest BCUT2D eigenvalue weighted by molar-refractivity contribution is -0.116. The molecular weight excluding hydrogens is 383 g/mol. The van der Waals surface area contributed by atoms with Gasteiger partial charge in [0.25, 0.3) is 5.56 Å². The van der Waals surface area contributed by atoms with Crippen molar-refractivity contribution in [3.8, 4) is 0 Å². The van der Waals surface area contributed by atoms with Gasteiger partial charge in [0.1, 0.15) is 5.78 Å². The summed E-state index contributed by atoms with van der Waals surface area (Å²) >= 11 is 0. The topological polar surface area (TPSA) is 64.0 Å². The van der Waals surface area contributed by atoms with Gasteiger partial charge in [0.15, 0.2) is 17.5 Å². The van der Waals surface area contributed by atoms with Crippen LogP contribution in [0.4, 0.5) is 24.8 Å². The molecule has 0 aliphatic heterocycles. The first-order chi connectivity index (χ1) is 13.7. The van der Waals surface area contributed by atoms with E-state index in [0.717, 1.165) is 23.3 Å². The zero-order valence-electron chi connectivity index (χ0n) is 15.8. The van der Waals surface area contributed by atoms with Gasteiger partial charge in [-0.1, -0.05) is 12.1 Å². The van der Waals surface area contributed by atoms with Crippen LogP contribution in [0.15, 0.2) is 47.4 Å². The van der Waals surface area contributed by atoms with Crippen LogP contribution in [-0.2, 0) is 17.8 Å². The molecule has 150 valence electrons. The Morgan fingerprint density at radius 1 is 1.07 bits per heavy atom. The summed E-state index contributed by atoms with van der Waals surface area (Å²) in [6.45, 7) is 3.29. The van der Waals surface area contributed by atoms with Crippen LogP contribution in [0.3, 0.4) is 0 Å². The van der Waals surface area contributed by atoms with Crippen molar-refractivity contribution in [3.05, 3.63) is 87.1 Å². The van der Waals surface area contributed by atoms with Crippen molar-refractivity contribution in [1.29, 1.82) is 0 Å². The number of halogens is 3. The molecule has 29 heavy (non-hydrogen) atoms. The van der Waals surface area contributed by atoms with Crippen molar-refractivity contribution < 1.29 is 18.0 Å². The van der Waals surface area contributed by atoms with Gasteiger partial charge >= 0.3 is 0 Å². The van der Waals surface area contributed by atoms with Crippen LogP contribution in [0, 0.1) is 24.4 Å². The molecule has 1 N–H and O–H groups in total. The van der Waals surface area contributed by atoms with Crippen LogP contribution >= 0.6 is 0 Å². The molecule has 1 heterocycles. The van der Waals surface area contributed by atoms with Crippen molar-refractivity contribution in [2.24, 2.45) is 0 Å². The monoisotopic (exact) mass is 401 g/mol. The highest BCUT2D eigenvalue weighted by atomic mass is 19.2. The van der Waals surface area contributed by atoms with Gasteiger partial charge in [-0.15, -0.1) is 0 Å². The summed E-state index contributed by atoms with van der Waals surface area (Å²) < 4.78 is 41.7. The Morgan fingerprint density at radius 2 is 1.76 bits per heavy atom. The van der Waals surface area contributed by atoms with E-state index in [1.165, 1.54) is 23.8 Å². The first kappa shape index (κ1) is 20.3. The van der Waals surface area contributed by atoms with Crippen LogP contribution in [0.5, 0.6) is 0 Å². The molecule has 0 bridgehead atoms. The maximum atomic E-state index is 13.5. The number of nitrogens with zero attached hydrogens (tertiary/aromatic N) is 2. The van der Waals surface area contributed by atoms with Gasteiger partial charge in [-0.05, 0) is 48.7 Å². The van der Waals surface area contributed by atoms with Crippen LogP contribution in [0.25, 0.3) is 0 Å². The fourth-order valence-electron chi connectivity index (χ4n) is 2.88. The van der Waals surface area contributed by atoms with Gasteiger partial charge in [-0.25, -0.2) is 13.2 Å². The van der Waals surface area contributed by atoms with Crippen LogP contribution in [0.1, 0.15) is 23.6 Å². The fraction of sp³-hybridized carbons (Fsp3) is 0.190. The quantitative estimate of drug-likeness (QED) is 0.637. The van der Waals surface area contributed by atoms with E-state index in [2.05, 4.69) is 10.3 Å². The minimum Gasteiger partial charge on any atom is -0.325 e. The Labute approximate surface area is 164 Å². The molecule has 2 aromatic carbocycles. The third-order valence-electron chi connectivity index (χ3n) is 4.28. The Kier molecular flexibility index (Phi) is 5.81.